The normalized spacial score (nSPS) is 10.1. The Morgan fingerprint density at radius 3 is 1.65 bits per heavy atom. The summed E-state index contributed by atoms with van der Waals surface area (Å²) in [5, 5.41) is 0. The van der Waals surface area contributed by atoms with Gasteiger partial charge in [-0.15, -0.1) is 0 Å². The Balaban J connectivity index is 2.99. The molecule has 0 N–H and O–H groups in total. The third-order valence-corrected chi connectivity index (χ3v) is 3.14. The number of nitrogens with zero attached hydrogens (tertiary/aromatic N) is 1. The second kappa shape index (κ2) is 13.2. The summed E-state index contributed by atoms with van der Waals surface area (Å²) in [7, 11) is 0. The minimum absolute atomic E-state index is 0.166. The van der Waals surface area contributed by atoms with E-state index >= 15 is 0 Å². The molecule has 17 heavy (non-hydrogen) atoms. The Hall–Kier alpha value is -0.840. The van der Waals surface area contributed by atoms with E-state index in [1.165, 1.54) is 57.8 Å². The first-order chi connectivity index (χ1) is 8.31. The molecule has 0 fully saturated rings. The lowest BCUT2D eigenvalue weighted by Gasteiger charge is -2.01. The summed E-state index contributed by atoms with van der Waals surface area (Å²) in [4.78, 5) is 13.9. The van der Waals surface area contributed by atoms with Crippen LogP contribution in [0.4, 0.5) is 0 Å². The van der Waals surface area contributed by atoms with Crippen molar-refractivity contribution in [2.24, 2.45) is 0 Å². The van der Waals surface area contributed by atoms with Crippen LogP contribution < -0.4 is 0 Å². The number of hydrogen-bond acceptors (Lipinski definition) is 1. The van der Waals surface area contributed by atoms with Gasteiger partial charge in [-0.2, -0.15) is 0 Å². The largest absolute Gasteiger partial charge is 0.514 e. The maximum absolute atomic E-state index is 10.8. The molecule has 0 aliphatic carbocycles. The highest BCUT2D eigenvalue weighted by molar-refractivity contribution is 5.85. The topological polar surface area (TPSA) is 21.4 Å². The Kier molecular flexibility index (Phi) is 12.6. The predicted octanol–water partition coefficient (Wildman–Crippen LogP) is 5.18. The molecule has 0 rings (SSSR count). The van der Waals surface area contributed by atoms with Crippen molar-refractivity contribution < 1.29 is 4.79 Å². The van der Waals surface area contributed by atoms with Crippen molar-refractivity contribution in [1.29, 1.82) is 0 Å². The summed E-state index contributed by atoms with van der Waals surface area (Å²) in [5.41, 5.74) is 0. The van der Waals surface area contributed by atoms with Crippen LogP contribution >= 0.6 is 0 Å². The molecule has 0 unspecified atom stereocenters. The minimum Gasteiger partial charge on any atom is -0.200 e. The first-order valence-corrected chi connectivity index (χ1v) is 7.25. The van der Waals surface area contributed by atoms with Gasteiger partial charge < -0.3 is 0 Å². The summed E-state index contributed by atoms with van der Waals surface area (Å²) in [5.74, 6) is -0.166. The van der Waals surface area contributed by atoms with Crippen molar-refractivity contribution in [3.63, 3.8) is 0 Å². The second-order valence-corrected chi connectivity index (χ2v) is 4.81. The first kappa shape index (κ1) is 16.2. The molecule has 0 aliphatic heterocycles. The second-order valence-electron chi connectivity index (χ2n) is 4.81. The zero-order valence-corrected chi connectivity index (χ0v) is 11.4. The fraction of sp³-hybridized carbons (Fsp3) is 0.867. The van der Waals surface area contributed by atoms with Crippen molar-refractivity contribution in [2.45, 2.75) is 84.0 Å². The van der Waals surface area contributed by atoms with Gasteiger partial charge in [0.05, 0.1) is 6.42 Å². The average Bonchev–Trinajstić information content (AvgIpc) is 2.35. The van der Waals surface area contributed by atoms with Crippen molar-refractivity contribution in [2.75, 3.05) is 0 Å². The summed E-state index contributed by atoms with van der Waals surface area (Å²) in [6.45, 7) is 7.13. The molecule has 0 saturated heterocycles. The zero-order chi connectivity index (χ0) is 12.8. The molecule has 0 spiro atoms. The van der Waals surface area contributed by atoms with Crippen molar-refractivity contribution in [1.82, 2.24) is 0 Å². The summed E-state index contributed by atoms with van der Waals surface area (Å²) in [6.07, 6.45) is 14.8. The van der Waals surface area contributed by atoms with Crippen molar-refractivity contribution in [3.8, 4) is 6.57 Å². The standard InChI is InChI=1S/C15H28NO/c1-3-4-5-6-7-8-9-10-11-12-13-14-15(17)16-2/h2H,3-14H2,1H3/q+1. The van der Waals surface area contributed by atoms with Gasteiger partial charge >= 0.3 is 5.91 Å². The van der Waals surface area contributed by atoms with E-state index in [-0.39, 0.29) is 5.91 Å². The Morgan fingerprint density at radius 2 is 1.24 bits per heavy atom. The zero-order valence-electron chi connectivity index (χ0n) is 11.4. The van der Waals surface area contributed by atoms with Crippen molar-refractivity contribution in [3.05, 3.63) is 4.85 Å². The molecular weight excluding hydrogens is 210 g/mol. The summed E-state index contributed by atoms with van der Waals surface area (Å²) in [6, 6.07) is 0. The molecule has 98 valence electrons. The number of carbonyl (C=O) groups is 1. The minimum atomic E-state index is -0.166. The van der Waals surface area contributed by atoms with Crippen molar-refractivity contribution >= 4 is 5.91 Å². The highest BCUT2D eigenvalue weighted by Crippen LogP contribution is 2.11. The lowest BCUT2D eigenvalue weighted by Crippen LogP contribution is -1.89. The highest BCUT2D eigenvalue weighted by Gasteiger charge is 2.07. The van der Waals surface area contributed by atoms with Gasteiger partial charge in [0, 0.05) is 4.85 Å². The number of rotatable bonds is 12. The van der Waals surface area contributed by atoms with Crippen LogP contribution in [0.25, 0.3) is 4.85 Å². The van der Waals surface area contributed by atoms with Gasteiger partial charge in [-0.3, -0.25) is 0 Å². The highest BCUT2D eigenvalue weighted by atomic mass is 16.1. The average molecular weight is 238 g/mol. The predicted molar refractivity (Wildman–Crippen MR) is 74.4 cm³/mol. The lowest BCUT2D eigenvalue weighted by molar-refractivity contribution is -0.114. The molecule has 0 aromatic carbocycles. The SMILES string of the molecule is C#[N+]C(=O)CCCCCCCCCCCCC. The van der Waals surface area contributed by atoms with Crippen LogP contribution in [-0.4, -0.2) is 5.91 Å². The third-order valence-electron chi connectivity index (χ3n) is 3.14. The van der Waals surface area contributed by atoms with Crippen LogP contribution in [0.1, 0.15) is 84.0 Å². The first-order valence-electron chi connectivity index (χ1n) is 7.25. The molecule has 1 amide bonds. The molecule has 0 saturated carbocycles. The van der Waals surface area contributed by atoms with E-state index in [1.54, 1.807) is 0 Å². The maximum Gasteiger partial charge on any atom is 0.514 e. The number of amides is 1. The van der Waals surface area contributed by atoms with Gasteiger partial charge in [0.2, 0.25) is 0 Å². The van der Waals surface area contributed by atoms with Crippen LogP contribution in [0.3, 0.4) is 0 Å². The van der Waals surface area contributed by atoms with Crippen LogP contribution in [-0.2, 0) is 4.79 Å². The fourth-order valence-corrected chi connectivity index (χ4v) is 2.00. The van der Waals surface area contributed by atoms with Gasteiger partial charge in [-0.1, -0.05) is 71.1 Å². The van der Waals surface area contributed by atoms with E-state index in [4.69, 9.17) is 6.57 Å². The molecule has 0 atom stereocenters. The molecule has 0 aromatic rings. The lowest BCUT2D eigenvalue weighted by atomic mass is 10.1. The number of carbonyl (C=O) groups excluding carboxylic acids is 1. The van der Waals surface area contributed by atoms with Gasteiger partial charge in [-0.25, -0.2) is 4.79 Å². The van der Waals surface area contributed by atoms with E-state index in [0.717, 1.165) is 12.8 Å². The molecule has 2 heteroatoms. The molecule has 0 aromatic heterocycles. The van der Waals surface area contributed by atoms with Crippen LogP contribution in [0.2, 0.25) is 0 Å². The van der Waals surface area contributed by atoms with E-state index in [0.29, 0.717) is 6.42 Å². The van der Waals surface area contributed by atoms with E-state index in [1.807, 2.05) is 0 Å². The van der Waals surface area contributed by atoms with Gasteiger partial charge in [0.1, 0.15) is 0 Å². The van der Waals surface area contributed by atoms with Gasteiger partial charge in [0.25, 0.3) is 6.57 Å². The number of hydrogen-bond donors (Lipinski definition) is 0. The quantitative estimate of drug-likeness (QED) is 0.429. The van der Waals surface area contributed by atoms with E-state index in [2.05, 4.69) is 11.8 Å². The monoisotopic (exact) mass is 238 g/mol. The van der Waals surface area contributed by atoms with Crippen LogP contribution in [0.5, 0.6) is 0 Å². The van der Waals surface area contributed by atoms with E-state index in [9.17, 15) is 4.79 Å². The summed E-state index contributed by atoms with van der Waals surface area (Å²) < 4.78 is 0. The van der Waals surface area contributed by atoms with Crippen LogP contribution in [0, 0.1) is 6.57 Å². The molecule has 0 aliphatic rings. The molecule has 0 heterocycles. The Morgan fingerprint density at radius 1 is 0.824 bits per heavy atom. The Bertz CT molecular complexity index is 217. The molecule has 0 bridgehead atoms. The van der Waals surface area contributed by atoms with E-state index < -0.39 is 0 Å². The smallest absolute Gasteiger partial charge is 0.200 e. The maximum atomic E-state index is 10.8. The van der Waals surface area contributed by atoms with Gasteiger partial charge in [0.15, 0.2) is 0 Å². The molecule has 0 radical (unpaired) electrons. The van der Waals surface area contributed by atoms with Crippen LogP contribution in [0.15, 0.2) is 0 Å². The van der Waals surface area contributed by atoms with Gasteiger partial charge in [-0.05, 0) is 6.42 Å². The fourth-order valence-electron chi connectivity index (χ4n) is 2.00. The Labute approximate surface area is 107 Å². The summed E-state index contributed by atoms with van der Waals surface area (Å²) >= 11 is 0. The third kappa shape index (κ3) is 13.1. The molecular formula is C15H28NO+. The number of unbranched alkanes of at least 4 members (excludes halogenated alkanes) is 10. The molecule has 2 nitrogen and oxygen atoms in total.